The molecule has 5 nitrogen and oxygen atoms in total. The summed E-state index contributed by atoms with van der Waals surface area (Å²) in [7, 11) is 0. The summed E-state index contributed by atoms with van der Waals surface area (Å²) in [4.78, 5) is 23.6. The standard InChI is InChI=1S/C13H18N2O3/c1-10-3-2-6-15(13(10)17)9-12(16)14-11-4-7-18-8-5-11/h2-3,6,11H,4-5,7-9H2,1H3,(H,14,16). The summed E-state index contributed by atoms with van der Waals surface area (Å²) >= 11 is 0. The average Bonchev–Trinajstić information content (AvgIpc) is 2.36. The summed E-state index contributed by atoms with van der Waals surface area (Å²) in [6.45, 7) is 3.21. The molecule has 0 aromatic carbocycles. The maximum atomic E-state index is 11.8. The number of hydrogen-bond donors (Lipinski definition) is 1. The Labute approximate surface area is 106 Å². The number of pyridine rings is 1. The van der Waals surface area contributed by atoms with Gasteiger partial charge in [-0.15, -0.1) is 0 Å². The summed E-state index contributed by atoms with van der Waals surface area (Å²) in [6.07, 6.45) is 3.32. The molecule has 1 N–H and O–H groups in total. The number of rotatable bonds is 3. The number of aromatic nitrogens is 1. The second kappa shape index (κ2) is 5.82. The molecule has 1 amide bonds. The SMILES string of the molecule is Cc1cccn(CC(=O)NC2CCOCC2)c1=O. The van der Waals surface area contributed by atoms with E-state index in [1.165, 1.54) is 4.57 Å². The van der Waals surface area contributed by atoms with Crippen LogP contribution in [-0.4, -0.2) is 29.7 Å². The Balaban J connectivity index is 1.94. The van der Waals surface area contributed by atoms with Crippen molar-refractivity contribution in [2.75, 3.05) is 13.2 Å². The van der Waals surface area contributed by atoms with E-state index in [0.717, 1.165) is 12.8 Å². The molecule has 0 bridgehead atoms. The zero-order valence-electron chi connectivity index (χ0n) is 10.5. The molecule has 1 fully saturated rings. The molecule has 5 heteroatoms. The molecule has 2 rings (SSSR count). The van der Waals surface area contributed by atoms with E-state index >= 15 is 0 Å². The molecule has 0 saturated carbocycles. The van der Waals surface area contributed by atoms with Gasteiger partial charge in [-0.25, -0.2) is 0 Å². The molecule has 0 atom stereocenters. The third-order valence-electron chi connectivity index (χ3n) is 3.11. The molecule has 0 unspecified atom stereocenters. The monoisotopic (exact) mass is 250 g/mol. The number of hydrogen-bond acceptors (Lipinski definition) is 3. The van der Waals surface area contributed by atoms with Crippen molar-refractivity contribution in [1.29, 1.82) is 0 Å². The molecule has 1 aliphatic heterocycles. The molecule has 1 saturated heterocycles. The Kier molecular flexibility index (Phi) is 4.15. The van der Waals surface area contributed by atoms with Crippen LogP contribution in [0.2, 0.25) is 0 Å². The third-order valence-corrected chi connectivity index (χ3v) is 3.11. The van der Waals surface area contributed by atoms with Crippen molar-refractivity contribution in [2.24, 2.45) is 0 Å². The first-order valence-electron chi connectivity index (χ1n) is 6.20. The van der Waals surface area contributed by atoms with Crippen LogP contribution in [0.3, 0.4) is 0 Å². The van der Waals surface area contributed by atoms with Crippen LogP contribution in [0.25, 0.3) is 0 Å². The van der Waals surface area contributed by atoms with Crippen molar-refractivity contribution in [1.82, 2.24) is 9.88 Å². The maximum absolute atomic E-state index is 11.8. The molecule has 2 heterocycles. The highest BCUT2D eigenvalue weighted by atomic mass is 16.5. The Morgan fingerprint density at radius 3 is 2.94 bits per heavy atom. The highest BCUT2D eigenvalue weighted by molar-refractivity contribution is 5.76. The minimum Gasteiger partial charge on any atom is -0.381 e. The summed E-state index contributed by atoms with van der Waals surface area (Å²) in [5, 5.41) is 2.94. The molecule has 98 valence electrons. The summed E-state index contributed by atoms with van der Waals surface area (Å²) in [5.74, 6) is -0.116. The minimum atomic E-state index is -0.116. The van der Waals surface area contributed by atoms with E-state index in [-0.39, 0.29) is 24.1 Å². The highest BCUT2D eigenvalue weighted by Gasteiger charge is 2.16. The van der Waals surface area contributed by atoms with Gasteiger partial charge in [0.25, 0.3) is 5.56 Å². The molecular weight excluding hydrogens is 232 g/mol. The van der Waals surface area contributed by atoms with E-state index in [4.69, 9.17) is 4.74 Å². The lowest BCUT2D eigenvalue weighted by Crippen LogP contribution is -2.41. The Morgan fingerprint density at radius 2 is 2.22 bits per heavy atom. The first-order chi connectivity index (χ1) is 8.66. The lowest BCUT2D eigenvalue weighted by molar-refractivity contribution is -0.123. The fraction of sp³-hybridized carbons (Fsp3) is 0.538. The quantitative estimate of drug-likeness (QED) is 0.847. The number of carbonyl (C=O) groups excluding carboxylic acids is 1. The predicted molar refractivity (Wildman–Crippen MR) is 67.4 cm³/mol. The third kappa shape index (κ3) is 3.20. The van der Waals surface area contributed by atoms with Gasteiger partial charge in [0, 0.05) is 31.0 Å². The van der Waals surface area contributed by atoms with Crippen LogP contribution in [0, 0.1) is 6.92 Å². The molecule has 0 aliphatic carbocycles. The topological polar surface area (TPSA) is 60.3 Å². The van der Waals surface area contributed by atoms with Gasteiger partial charge < -0.3 is 14.6 Å². The maximum Gasteiger partial charge on any atom is 0.253 e. The molecule has 0 radical (unpaired) electrons. The molecular formula is C13H18N2O3. The highest BCUT2D eigenvalue weighted by Crippen LogP contribution is 2.05. The van der Waals surface area contributed by atoms with Gasteiger partial charge in [-0.05, 0) is 25.8 Å². The number of carbonyl (C=O) groups is 1. The Bertz CT molecular complexity index is 475. The fourth-order valence-electron chi connectivity index (χ4n) is 2.05. The normalized spacial score (nSPS) is 16.5. The van der Waals surface area contributed by atoms with E-state index in [2.05, 4.69) is 5.32 Å². The van der Waals surface area contributed by atoms with Crippen molar-refractivity contribution < 1.29 is 9.53 Å². The van der Waals surface area contributed by atoms with Crippen LogP contribution in [0.5, 0.6) is 0 Å². The lowest BCUT2D eigenvalue weighted by atomic mass is 10.1. The second-order valence-electron chi connectivity index (χ2n) is 4.58. The largest absolute Gasteiger partial charge is 0.381 e. The first-order valence-corrected chi connectivity index (χ1v) is 6.20. The van der Waals surface area contributed by atoms with Crippen LogP contribution < -0.4 is 10.9 Å². The van der Waals surface area contributed by atoms with Gasteiger partial charge in [-0.2, -0.15) is 0 Å². The number of ether oxygens (including phenoxy) is 1. The molecule has 1 aromatic rings. The van der Waals surface area contributed by atoms with Crippen molar-refractivity contribution in [2.45, 2.75) is 32.4 Å². The van der Waals surface area contributed by atoms with Gasteiger partial charge in [-0.3, -0.25) is 9.59 Å². The van der Waals surface area contributed by atoms with Gasteiger partial charge in [0.2, 0.25) is 5.91 Å². The fourth-order valence-corrected chi connectivity index (χ4v) is 2.05. The number of nitrogens with one attached hydrogen (secondary N) is 1. The van der Waals surface area contributed by atoms with Crippen molar-refractivity contribution in [3.8, 4) is 0 Å². The van der Waals surface area contributed by atoms with Gasteiger partial charge in [-0.1, -0.05) is 6.07 Å². The average molecular weight is 250 g/mol. The van der Waals surface area contributed by atoms with Crippen LogP contribution in [-0.2, 0) is 16.1 Å². The predicted octanol–water partition coefficient (Wildman–Crippen LogP) is 0.452. The molecule has 1 aromatic heterocycles. The smallest absolute Gasteiger partial charge is 0.253 e. The lowest BCUT2D eigenvalue weighted by Gasteiger charge is -2.23. The van der Waals surface area contributed by atoms with Gasteiger partial charge in [0.15, 0.2) is 0 Å². The number of amides is 1. The van der Waals surface area contributed by atoms with E-state index in [1.54, 1.807) is 25.3 Å². The summed E-state index contributed by atoms with van der Waals surface area (Å²) in [6, 6.07) is 3.69. The minimum absolute atomic E-state index is 0.0812. The summed E-state index contributed by atoms with van der Waals surface area (Å²) in [5.41, 5.74) is 0.538. The first kappa shape index (κ1) is 12.8. The van der Waals surface area contributed by atoms with E-state index < -0.39 is 0 Å². The zero-order valence-corrected chi connectivity index (χ0v) is 10.5. The summed E-state index contributed by atoms with van der Waals surface area (Å²) < 4.78 is 6.66. The Morgan fingerprint density at radius 1 is 1.50 bits per heavy atom. The van der Waals surface area contributed by atoms with E-state index in [1.807, 2.05) is 0 Å². The van der Waals surface area contributed by atoms with Crippen LogP contribution in [0.15, 0.2) is 23.1 Å². The van der Waals surface area contributed by atoms with E-state index in [9.17, 15) is 9.59 Å². The van der Waals surface area contributed by atoms with E-state index in [0.29, 0.717) is 18.8 Å². The van der Waals surface area contributed by atoms with Crippen molar-refractivity contribution in [3.63, 3.8) is 0 Å². The molecule has 0 spiro atoms. The van der Waals surface area contributed by atoms with Gasteiger partial charge >= 0.3 is 0 Å². The van der Waals surface area contributed by atoms with Gasteiger partial charge in [0.1, 0.15) is 6.54 Å². The van der Waals surface area contributed by atoms with Crippen LogP contribution in [0.4, 0.5) is 0 Å². The van der Waals surface area contributed by atoms with Crippen molar-refractivity contribution in [3.05, 3.63) is 34.2 Å². The van der Waals surface area contributed by atoms with Gasteiger partial charge in [0.05, 0.1) is 0 Å². The molecule has 1 aliphatic rings. The van der Waals surface area contributed by atoms with Crippen molar-refractivity contribution >= 4 is 5.91 Å². The van der Waals surface area contributed by atoms with Crippen LogP contribution >= 0.6 is 0 Å². The van der Waals surface area contributed by atoms with Crippen LogP contribution in [0.1, 0.15) is 18.4 Å². The number of nitrogens with zero attached hydrogens (tertiary/aromatic N) is 1. The molecule has 18 heavy (non-hydrogen) atoms. The number of aryl methyl sites for hydroxylation is 1. The zero-order chi connectivity index (χ0) is 13.0. The second-order valence-corrected chi connectivity index (χ2v) is 4.58. The Hall–Kier alpha value is -1.62.